The fourth-order valence-corrected chi connectivity index (χ4v) is 6.07. The number of Topliss-reactive ketones (excluding diaryl/α,β-unsaturated/α-hetero) is 1. The Bertz CT molecular complexity index is 898. The first-order valence-electron chi connectivity index (χ1n) is 11.3. The second-order valence-electron chi connectivity index (χ2n) is 10.1. The molecule has 0 spiro atoms. The maximum atomic E-state index is 12.8. The summed E-state index contributed by atoms with van der Waals surface area (Å²) in [5.41, 5.74) is 1.32. The van der Waals surface area contributed by atoms with Gasteiger partial charge in [-0.1, -0.05) is 39.3 Å². The van der Waals surface area contributed by atoms with Crippen LogP contribution in [0.4, 0.5) is 0 Å². The highest BCUT2D eigenvalue weighted by Crippen LogP contribution is 2.62. The first-order chi connectivity index (χ1) is 14.5. The molecule has 170 valence electrons. The maximum absolute atomic E-state index is 12.8. The lowest BCUT2D eigenvalue weighted by Crippen LogP contribution is -2.50. The maximum Gasteiger partial charge on any atom is 0.326 e. The summed E-state index contributed by atoms with van der Waals surface area (Å²) in [5, 5.41) is 23.0. The van der Waals surface area contributed by atoms with Crippen LogP contribution >= 0.6 is 0 Å². The van der Waals surface area contributed by atoms with E-state index in [4.69, 9.17) is 0 Å². The largest absolute Gasteiger partial charge is 0.505 e. The number of hydrogen-bond donors (Lipinski definition) is 3. The van der Waals surface area contributed by atoms with Crippen molar-refractivity contribution in [2.24, 2.45) is 22.7 Å². The minimum absolute atomic E-state index is 0.0309. The number of rotatable bonds is 6. The van der Waals surface area contributed by atoms with Gasteiger partial charge in [0.05, 0.1) is 5.70 Å². The molecule has 0 bridgehead atoms. The molecule has 6 nitrogen and oxygen atoms in total. The molecule has 0 heterocycles. The van der Waals surface area contributed by atoms with Gasteiger partial charge in [0.15, 0.2) is 0 Å². The Kier molecular flexibility index (Phi) is 6.23. The average molecular weight is 430 g/mol. The van der Waals surface area contributed by atoms with Gasteiger partial charge in [-0.15, -0.1) is 0 Å². The van der Waals surface area contributed by atoms with Crippen LogP contribution in [0.2, 0.25) is 0 Å². The van der Waals surface area contributed by atoms with Gasteiger partial charge in [0.2, 0.25) is 11.6 Å². The number of ketones is 2. The number of nitrogens with one attached hydrogen (secondary N) is 1. The molecule has 5 atom stereocenters. The van der Waals surface area contributed by atoms with Crippen molar-refractivity contribution in [3.8, 4) is 0 Å². The number of hydrogen-bond acceptors (Lipinski definition) is 5. The number of aliphatic carboxylic acids is 1. The summed E-state index contributed by atoms with van der Waals surface area (Å²) < 4.78 is 0. The van der Waals surface area contributed by atoms with Crippen molar-refractivity contribution >= 4 is 17.5 Å². The van der Waals surface area contributed by atoms with Crippen LogP contribution in [-0.2, 0) is 14.4 Å². The SMILES string of the molecule is CCC(NC1=CC(=O)C(=O)C(CC2(C)C(C)CCC3(C)C(C)=CCCC32)=C1O)C(=O)O. The molecule has 1 saturated carbocycles. The van der Waals surface area contributed by atoms with Gasteiger partial charge in [-0.3, -0.25) is 9.59 Å². The summed E-state index contributed by atoms with van der Waals surface area (Å²) in [6.07, 6.45) is 8.05. The summed E-state index contributed by atoms with van der Waals surface area (Å²) in [4.78, 5) is 36.7. The number of carbonyl (C=O) groups excluding carboxylic acids is 2. The Morgan fingerprint density at radius 1 is 1.29 bits per heavy atom. The van der Waals surface area contributed by atoms with Crippen LogP contribution in [0.25, 0.3) is 0 Å². The third-order valence-corrected chi connectivity index (χ3v) is 8.50. The normalized spacial score (nSPS) is 34.6. The van der Waals surface area contributed by atoms with Crippen LogP contribution in [0, 0.1) is 22.7 Å². The van der Waals surface area contributed by atoms with Crippen molar-refractivity contribution in [3.05, 3.63) is 34.8 Å². The van der Waals surface area contributed by atoms with Crippen LogP contribution in [0.15, 0.2) is 34.8 Å². The molecule has 6 heteroatoms. The highest BCUT2D eigenvalue weighted by molar-refractivity contribution is 6.48. The minimum Gasteiger partial charge on any atom is -0.505 e. The second kappa shape index (κ2) is 8.29. The molecule has 5 unspecified atom stereocenters. The molecule has 0 amide bonds. The van der Waals surface area contributed by atoms with Crippen molar-refractivity contribution in [3.63, 3.8) is 0 Å². The Morgan fingerprint density at radius 3 is 2.58 bits per heavy atom. The van der Waals surface area contributed by atoms with E-state index in [1.54, 1.807) is 6.92 Å². The van der Waals surface area contributed by atoms with Crippen LogP contribution in [0.5, 0.6) is 0 Å². The molecule has 0 saturated heterocycles. The van der Waals surface area contributed by atoms with Crippen molar-refractivity contribution in [2.45, 2.75) is 79.2 Å². The van der Waals surface area contributed by atoms with Crippen molar-refractivity contribution in [2.75, 3.05) is 0 Å². The van der Waals surface area contributed by atoms with E-state index >= 15 is 0 Å². The monoisotopic (exact) mass is 429 g/mol. The van der Waals surface area contributed by atoms with Crippen LogP contribution in [0.3, 0.4) is 0 Å². The zero-order valence-electron chi connectivity index (χ0n) is 19.2. The van der Waals surface area contributed by atoms with E-state index in [0.717, 1.165) is 31.8 Å². The number of aliphatic hydroxyl groups is 1. The van der Waals surface area contributed by atoms with Gasteiger partial charge in [-0.25, -0.2) is 4.79 Å². The molecule has 3 aliphatic carbocycles. The third-order valence-electron chi connectivity index (χ3n) is 8.50. The zero-order chi connectivity index (χ0) is 23.1. The Labute approximate surface area is 184 Å². The van der Waals surface area contributed by atoms with Gasteiger partial charge in [-0.05, 0) is 68.1 Å². The summed E-state index contributed by atoms with van der Waals surface area (Å²) in [5.74, 6) is -2.10. The number of carbonyl (C=O) groups is 3. The Hall–Kier alpha value is -2.37. The quantitative estimate of drug-likeness (QED) is 0.327. The summed E-state index contributed by atoms with van der Waals surface area (Å²) in [6.45, 7) is 10.6. The van der Waals surface area contributed by atoms with Crippen LogP contribution < -0.4 is 5.32 Å². The average Bonchev–Trinajstić information content (AvgIpc) is 2.71. The molecule has 1 fully saturated rings. The Morgan fingerprint density at radius 2 is 1.97 bits per heavy atom. The van der Waals surface area contributed by atoms with Gasteiger partial charge in [0.1, 0.15) is 11.8 Å². The number of fused-ring (bicyclic) bond motifs is 1. The molecular formula is C25H35NO5. The highest BCUT2D eigenvalue weighted by atomic mass is 16.4. The number of carboxylic acid groups (broad SMARTS) is 1. The van der Waals surface area contributed by atoms with Gasteiger partial charge in [-0.2, -0.15) is 0 Å². The van der Waals surface area contributed by atoms with Crippen molar-refractivity contribution < 1.29 is 24.6 Å². The lowest BCUT2D eigenvalue weighted by Gasteiger charge is -2.58. The van der Waals surface area contributed by atoms with Crippen molar-refractivity contribution in [1.29, 1.82) is 0 Å². The van der Waals surface area contributed by atoms with Gasteiger partial charge in [0, 0.05) is 11.6 Å². The standard InChI is InChI=1S/C25H35NO5/c1-6-17(23(30)31)26-18-12-19(27)22(29)16(21(18)28)13-25(5)15(3)10-11-24(4)14(2)8-7-9-20(24)25/h8,12,15,17,20,26,28H,6-7,9-11,13H2,1-5H3,(H,30,31). The number of carboxylic acids is 1. The summed E-state index contributed by atoms with van der Waals surface area (Å²) >= 11 is 0. The van der Waals surface area contributed by atoms with Crippen molar-refractivity contribution in [1.82, 2.24) is 5.32 Å². The van der Waals surface area contributed by atoms with E-state index in [0.29, 0.717) is 18.3 Å². The van der Waals surface area contributed by atoms with Crippen LogP contribution in [0.1, 0.15) is 73.1 Å². The fourth-order valence-electron chi connectivity index (χ4n) is 6.07. The molecule has 0 aliphatic heterocycles. The third kappa shape index (κ3) is 3.85. The highest BCUT2D eigenvalue weighted by Gasteiger charge is 2.54. The van der Waals surface area contributed by atoms with E-state index in [9.17, 15) is 24.6 Å². The van der Waals surface area contributed by atoms with E-state index in [2.05, 4.69) is 39.1 Å². The first kappa shape index (κ1) is 23.3. The lowest BCUT2D eigenvalue weighted by atomic mass is 9.46. The second-order valence-corrected chi connectivity index (χ2v) is 10.1. The van der Waals surface area contributed by atoms with E-state index in [1.165, 1.54) is 5.57 Å². The Balaban J connectivity index is 2.00. The molecule has 3 N–H and O–H groups in total. The van der Waals surface area contributed by atoms with Gasteiger partial charge >= 0.3 is 5.97 Å². The van der Waals surface area contributed by atoms with E-state index < -0.39 is 23.6 Å². The van der Waals surface area contributed by atoms with Gasteiger partial charge < -0.3 is 15.5 Å². The fraction of sp³-hybridized carbons (Fsp3) is 0.640. The molecular weight excluding hydrogens is 394 g/mol. The number of allylic oxidation sites excluding steroid dienone is 4. The first-order valence-corrected chi connectivity index (χ1v) is 11.3. The topological polar surface area (TPSA) is 104 Å². The van der Waals surface area contributed by atoms with E-state index in [1.807, 2.05) is 0 Å². The molecule has 3 aliphatic rings. The molecule has 0 radical (unpaired) electrons. The molecule has 3 rings (SSSR count). The zero-order valence-corrected chi connectivity index (χ0v) is 19.2. The minimum atomic E-state index is -1.07. The molecule has 0 aromatic heterocycles. The van der Waals surface area contributed by atoms with Crippen LogP contribution in [-0.4, -0.2) is 33.8 Å². The predicted molar refractivity (Wildman–Crippen MR) is 118 cm³/mol. The molecule has 31 heavy (non-hydrogen) atoms. The summed E-state index contributed by atoms with van der Waals surface area (Å²) in [7, 11) is 0. The smallest absolute Gasteiger partial charge is 0.326 e. The summed E-state index contributed by atoms with van der Waals surface area (Å²) in [6, 6.07) is -0.950. The number of aliphatic hydroxyl groups excluding tert-OH is 1. The van der Waals surface area contributed by atoms with E-state index in [-0.39, 0.29) is 34.3 Å². The molecule has 0 aromatic carbocycles. The predicted octanol–water partition coefficient (Wildman–Crippen LogP) is 4.48. The lowest BCUT2D eigenvalue weighted by molar-refractivity contribution is -0.139. The molecule has 0 aromatic rings. The van der Waals surface area contributed by atoms with Gasteiger partial charge in [0.25, 0.3) is 0 Å².